The van der Waals surface area contributed by atoms with Gasteiger partial charge in [-0.15, -0.1) is 0 Å². The van der Waals surface area contributed by atoms with Gasteiger partial charge in [-0.25, -0.2) is 0 Å². The zero-order chi connectivity index (χ0) is 9.68. The first-order valence-electron chi connectivity index (χ1n) is 4.03. The van der Waals surface area contributed by atoms with Crippen molar-refractivity contribution < 1.29 is 5.11 Å². The number of aliphatic hydroxyl groups is 1. The van der Waals surface area contributed by atoms with E-state index in [0.29, 0.717) is 0 Å². The first-order chi connectivity index (χ1) is 6.25. The molecule has 0 amide bonds. The van der Waals surface area contributed by atoms with E-state index in [-0.39, 0.29) is 0 Å². The summed E-state index contributed by atoms with van der Waals surface area (Å²) in [5.41, 5.74) is 9.12. The van der Waals surface area contributed by atoms with E-state index in [1.54, 1.807) is 6.92 Å². The predicted octanol–water partition coefficient (Wildman–Crippen LogP) is 2.42. The number of hydrogen-bond donors (Lipinski definition) is 1. The van der Waals surface area contributed by atoms with E-state index in [1.807, 2.05) is 30.3 Å². The van der Waals surface area contributed by atoms with Gasteiger partial charge >= 0.3 is 0 Å². The Morgan fingerprint density at radius 1 is 1.38 bits per heavy atom. The maximum absolute atomic E-state index is 9.33. The Balaban J connectivity index is 2.95. The molecule has 68 valence electrons. The normalized spacial score (nSPS) is 14.3. The number of azide groups is 1. The van der Waals surface area contributed by atoms with Crippen LogP contribution >= 0.6 is 0 Å². The van der Waals surface area contributed by atoms with Crippen LogP contribution in [0.5, 0.6) is 0 Å². The van der Waals surface area contributed by atoms with Crippen LogP contribution in [0.4, 0.5) is 0 Å². The molecule has 0 unspecified atom stereocenters. The predicted molar refractivity (Wildman–Crippen MR) is 50.0 cm³/mol. The quantitative estimate of drug-likeness (QED) is 0.430. The van der Waals surface area contributed by atoms with E-state index in [4.69, 9.17) is 5.53 Å². The van der Waals surface area contributed by atoms with Gasteiger partial charge in [0.15, 0.2) is 0 Å². The fraction of sp³-hybridized carbons (Fsp3) is 0.333. The van der Waals surface area contributed by atoms with Gasteiger partial charge in [-0.05, 0) is 18.0 Å². The van der Waals surface area contributed by atoms with E-state index >= 15 is 0 Å². The van der Waals surface area contributed by atoms with Gasteiger partial charge in [-0.2, -0.15) is 0 Å². The molecule has 1 rings (SSSR count). The van der Waals surface area contributed by atoms with Crippen molar-refractivity contribution in [3.63, 3.8) is 0 Å². The van der Waals surface area contributed by atoms with Crippen molar-refractivity contribution in [1.82, 2.24) is 0 Å². The van der Waals surface area contributed by atoms with Gasteiger partial charge in [0, 0.05) is 4.91 Å². The molecule has 4 nitrogen and oxygen atoms in total. The largest absolute Gasteiger partial charge is 0.393 e. The first-order valence-corrected chi connectivity index (χ1v) is 4.03. The Morgan fingerprint density at radius 2 is 2.00 bits per heavy atom. The lowest BCUT2D eigenvalue weighted by Gasteiger charge is -2.13. The zero-order valence-corrected chi connectivity index (χ0v) is 7.33. The molecule has 0 saturated heterocycles. The third kappa shape index (κ3) is 2.47. The van der Waals surface area contributed by atoms with Crippen molar-refractivity contribution >= 4 is 0 Å². The second-order valence-electron chi connectivity index (χ2n) is 2.80. The minimum absolute atomic E-state index is 0.494. The van der Waals surface area contributed by atoms with Gasteiger partial charge < -0.3 is 5.11 Å². The van der Waals surface area contributed by atoms with Crippen molar-refractivity contribution in [2.24, 2.45) is 5.11 Å². The molecular formula is C9H11N3O. The standard InChI is InChI=1S/C9H11N3O/c1-7(13)9(11-12-10)8-5-3-2-4-6-8/h2-7,9,13H,1H3/t7-,9+/m1/s1. The topological polar surface area (TPSA) is 69.0 Å². The van der Waals surface area contributed by atoms with Crippen LogP contribution in [0.2, 0.25) is 0 Å². The SMILES string of the molecule is C[C@@H](O)[C@H](N=[N+]=[N-])c1ccccc1. The molecular weight excluding hydrogens is 166 g/mol. The Labute approximate surface area is 76.5 Å². The molecule has 13 heavy (non-hydrogen) atoms. The Kier molecular flexibility index (Phi) is 3.31. The number of hydrogen-bond acceptors (Lipinski definition) is 2. The lowest BCUT2D eigenvalue weighted by Crippen LogP contribution is -2.11. The lowest BCUT2D eigenvalue weighted by atomic mass is 10.0. The molecule has 1 aromatic carbocycles. The minimum atomic E-state index is -0.668. The summed E-state index contributed by atoms with van der Waals surface area (Å²) >= 11 is 0. The molecule has 2 atom stereocenters. The number of rotatable bonds is 3. The van der Waals surface area contributed by atoms with E-state index in [1.165, 1.54) is 0 Å². The van der Waals surface area contributed by atoms with Crippen LogP contribution in [0, 0.1) is 0 Å². The maximum atomic E-state index is 9.33. The summed E-state index contributed by atoms with van der Waals surface area (Å²) in [4.78, 5) is 2.70. The Morgan fingerprint density at radius 3 is 2.46 bits per heavy atom. The second kappa shape index (κ2) is 4.50. The van der Waals surface area contributed by atoms with Crippen molar-refractivity contribution in [3.8, 4) is 0 Å². The van der Waals surface area contributed by atoms with Crippen molar-refractivity contribution in [2.75, 3.05) is 0 Å². The monoisotopic (exact) mass is 177 g/mol. The highest BCUT2D eigenvalue weighted by Gasteiger charge is 2.14. The van der Waals surface area contributed by atoms with E-state index in [0.717, 1.165) is 5.56 Å². The number of benzene rings is 1. The molecule has 0 aliphatic carbocycles. The molecule has 4 heteroatoms. The number of nitrogens with zero attached hydrogens (tertiary/aromatic N) is 3. The fourth-order valence-electron chi connectivity index (χ4n) is 1.15. The van der Waals surface area contributed by atoms with Gasteiger partial charge in [-0.3, -0.25) is 0 Å². The van der Waals surface area contributed by atoms with Crippen LogP contribution in [-0.2, 0) is 0 Å². The van der Waals surface area contributed by atoms with Crippen LogP contribution in [0.1, 0.15) is 18.5 Å². The average molecular weight is 177 g/mol. The third-order valence-corrected chi connectivity index (χ3v) is 1.77. The summed E-state index contributed by atoms with van der Waals surface area (Å²) < 4.78 is 0. The van der Waals surface area contributed by atoms with Crippen molar-refractivity contribution in [2.45, 2.75) is 19.1 Å². The average Bonchev–Trinajstić information content (AvgIpc) is 2.15. The van der Waals surface area contributed by atoms with Gasteiger partial charge in [0.2, 0.25) is 0 Å². The molecule has 1 N–H and O–H groups in total. The molecule has 1 aromatic rings. The molecule has 0 radical (unpaired) electrons. The molecule has 0 heterocycles. The van der Waals surface area contributed by atoms with Crippen LogP contribution in [-0.4, -0.2) is 11.2 Å². The Bertz CT molecular complexity index is 304. The van der Waals surface area contributed by atoms with Gasteiger partial charge in [0.05, 0.1) is 12.1 Å². The van der Waals surface area contributed by atoms with Crippen molar-refractivity contribution in [1.29, 1.82) is 0 Å². The molecule has 0 spiro atoms. The highest BCUT2D eigenvalue weighted by Crippen LogP contribution is 2.20. The summed E-state index contributed by atoms with van der Waals surface area (Å²) in [6.07, 6.45) is -0.668. The maximum Gasteiger partial charge on any atom is 0.0881 e. The smallest absolute Gasteiger partial charge is 0.0881 e. The first kappa shape index (κ1) is 9.58. The molecule has 0 fully saturated rings. The lowest BCUT2D eigenvalue weighted by molar-refractivity contribution is 0.164. The van der Waals surface area contributed by atoms with E-state index < -0.39 is 12.1 Å². The van der Waals surface area contributed by atoms with Crippen LogP contribution < -0.4 is 0 Å². The van der Waals surface area contributed by atoms with Crippen molar-refractivity contribution in [3.05, 3.63) is 46.3 Å². The van der Waals surface area contributed by atoms with Gasteiger partial charge in [0.25, 0.3) is 0 Å². The fourth-order valence-corrected chi connectivity index (χ4v) is 1.15. The van der Waals surface area contributed by atoms with E-state index in [9.17, 15) is 5.11 Å². The van der Waals surface area contributed by atoms with Crippen LogP contribution in [0.3, 0.4) is 0 Å². The van der Waals surface area contributed by atoms with E-state index in [2.05, 4.69) is 10.0 Å². The zero-order valence-electron chi connectivity index (χ0n) is 7.33. The molecule has 0 aliphatic rings. The minimum Gasteiger partial charge on any atom is -0.393 e. The van der Waals surface area contributed by atoms with Gasteiger partial charge in [-0.1, -0.05) is 35.4 Å². The third-order valence-electron chi connectivity index (χ3n) is 1.77. The summed E-state index contributed by atoms with van der Waals surface area (Å²) in [5, 5.41) is 12.9. The molecule has 0 bridgehead atoms. The second-order valence-corrected chi connectivity index (χ2v) is 2.80. The molecule has 0 aliphatic heterocycles. The molecule has 0 saturated carbocycles. The highest BCUT2D eigenvalue weighted by atomic mass is 16.3. The number of aliphatic hydroxyl groups excluding tert-OH is 1. The van der Waals surface area contributed by atoms with Gasteiger partial charge in [0.1, 0.15) is 0 Å². The van der Waals surface area contributed by atoms with Crippen LogP contribution in [0.25, 0.3) is 10.4 Å². The molecule has 0 aromatic heterocycles. The summed E-state index contributed by atoms with van der Waals surface area (Å²) in [5.74, 6) is 0. The Hall–Kier alpha value is -1.51. The summed E-state index contributed by atoms with van der Waals surface area (Å²) in [6.45, 7) is 1.60. The van der Waals surface area contributed by atoms with Crippen LogP contribution in [0.15, 0.2) is 35.4 Å². The summed E-state index contributed by atoms with van der Waals surface area (Å²) in [7, 11) is 0. The summed E-state index contributed by atoms with van der Waals surface area (Å²) in [6, 6.07) is 8.72. The highest BCUT2D eigenvalue weighted by molar-refractivity contribution is 5.19.